The third-order valence-electron chi connectivity index (χ3n) is 6.96. The van der Waals surface area contributed by atoms with Gasteiger partial charge in [0.05, 0.1) is 11.9 Å². The van der Waals surface area contributed by atoms with Gasteiger partial charge in [-0.1, -0.05) is 91.7 Å². The van der Waals surface area contributed by atoms with Gasteiger partial charge in [-0.3, -0.25) is 13.9 Å². The summed E-state index contributed by atoms with van der Waals surface area (Å²) >= 11 is 6.27. The second kappa shape index (κ2) is 15.6. The predicted octanol–water partition coefficient (Wildman–Crippen LogP) is 5.75. The van der Waals surface area contributed by atoms with Crippen LogP contribution in [-0.2, 0) is 32.6 Å². The Bertz CT molecular complexity index is 1380. The normalized spacial score (nSPS) is 12.0. The number of nitrogens with one attached hydrogen (secondary N) is 1. The van der Waals surface area contributed by atoms with E-state index in [0.29, 0.717) is 29.2 Å². The maximum Gasteiger partial charge on any atom is 0.243 e. The van der Waals surface area contributed by atoms with Crippen molar-refractivity contribution < 1.29 is 18.0 Å². The second-order valence-corrected chi connectivity index (χ2v) is 12.5. The fourth-order valence-corrected chi connectivity index (χ4v) is 5.87. The Hall–Kier alpha value is -3.36. The summed E-state index contributed by atoms with van der Waals surface area (Å²) < 4.78 is 26.7. The Kier molecular flexibility index (Phi) is 12.2. The molecule has 41 heavy (non-hydrogen) atoms. The van der Waals surface area contributed by atoms with Gasteiger partial charge >= 0.3 is 0 Å². The first-order valence-corrected chi connectivity index (χ1v) is 16.2. The molecule has 220 valence electrons. The van der Waals surface area contributed by atoms with Gasteiger partial charge in [0, 0.05) is 37.5 Å². The molecule has 0 bridgehead atoms. The summed E-state index contributed by atoms with van der Waals surface area (Å²) in [5.41, 5.74) is 3.01. The monoisotopic (exact) mass is 597 g/mol. The fourth-order valence-electron chi connectivity index (χ4n) is 4.69. The minimum Gasteiger partial charge on any atom is -0.354 e. The largest absolute Gasteiger partial charge is 0.354 e. The number of hydrogen-bond acceptors (Lipinski definition) is 4. The van der Waals surface area contributed by atoms with Gasteiger partial charge in [-0.15, -0.1) is 0 Å². The zero-order chi connectivity index (χ0) is 29.8. The number of halogens is 1. The average molecular weight is 598 g/mol. The first-order valence-electron chi connectivity index (χ1n) is 14.0. The Morgan fingerprint density at radius 2 is 1.54 bits per heavy atom. The summed E-state index contributed by atoms with van der Waals surface area (Å²) in [5.74, 6) is -0.407. The third-order valence-corrected chi connectivity index (χ3v) is 8.55. The van der Waals surface area contributed by atoms with Crippen LogP contribution in [-0.4, -0.2) is 50.5 Å². The first-order chi connectivity index (χ1) is 19.6. The molecule has 0 saturated carbocycles. The molecule has 1 N–H and O–H groups in total. The van der Waals surface area contributed by atoms with E-state index in [1.807, 2.05) is 60.7 Å². The fraction of sp³-hybridized carbons (Fsp3) is 0.375. The van der Waals surface area contributed by atoms with Crippen molar-refractivity contribution in [1.29, 1.82) is 0 Å². The summed E-state index contributed by atoms with van der Waals surface area (Å²) in [6.07, 6.45) is 3.66. The Labute approximate surface area is 249 Å². The van der Waals surface area contributed by atoms with E-state index in [1.54, 1.807) is 30.0 Å². The molecule has 0 heterocycles. The number of anilines is 1. The van der Waals surface area contributed by atoms with Crippen molar-refractivity contribution in [1.82, 2.24) is 10.2 Å². The number of sulfonamides is 1. The lowest BCUT2D eigenvalue weighted by molar-refractivity contribution is -0.141. The van der Waals surface area contributed by atoms with Crippen molar-refractivity contribution in [2.45, 2.75) is 58.5 Å². The number of benzene rings is 3. The van der Waals surface area contributed by atoms with Gasteiger partial charge in [-0.2, -0.15) is 0 Å². The molecule has 1 atom stereocenters. The SMILES string of the molecule is CCCCNC(=O)C(Cc1ccccc1)N(Cc1ccccc1)C(=O)CCCN(c1cccc(Cl)c1C)S(C)(=O)=O. The highest BCUT2D eigenvalue weighted by molar-refractivity contribution is 7.92. The van der Waals surface area contributed by atoms with Gasteiger partial charge in [-0.25, -0.2) is 8.42 Å². The number of rotatable bonds is 15. The zero-order valence-corrected chi connectivity index (χ0v) is 25.6. The van der Waals surface area contributed by atoms with E-state index < -0.39 is 16.1 Å². The van der Waals surface area contributed by atoms with Crippen LogP contribution in [0.2, 0.25) is 5.02 Å². The highest BCUT2D eigenvalue weighted by atomic mass is 35.5. The quantitative estimate of drug-likeness (QED) is 0.226. The summed E-state index contributed by atoms with van der Waals surface area (Å²) in [6, 6.07) is 23.7. The molecular formula is C32H40ClN3O4S. The first kappa shape index (κ1) is 32.2. The van der Waals surface area contributed by atoms with Crippen LogP contribution in [0.1, 0.15) is 49.3 Å². The molecule has 0 aromatic heterocycles. The third kappa shape index (κ3) is 9.61. The standard InChI is InChI=1S/C32H40ClN3O4S/c1-4-5-21-34-32(38)30(23-26-14-8-6-9-15-26)35(24-27-16-10-7-11-17-27)31(37)20-13-22-36(41(3,39)40)29-19-12-18-28(33)25(29)2/h6-12,14-19,30H,4-5,13,20-24H2,1-3H3,(H,34,38). The Balaban J connectivity index is 1.86. The van der Waals surface area contributed by atoms with Gasteiger partial charge in [0.25, 0.3) is 0 Å². The van der Waals surface area contributed by atoms with E-state index in [-0.39, 0.29) is 37.7 Å². The Morgan fingerprint density at radius 1 is 0.902 bits per heavy atom. The van der Waals surface area contributed by atoms with Crippen molar-refractivity contribution in [2.75, 3.05) is 23.7 Å². The van der Waals surface area contributed by atoms with Gasteiger partial charge < -0.3 is 10.2 Å². The molecule has 3 aromatic carbocycles. The van der Waals surface area contributed by atoms with Gasteiger partial charge in [-0.05, 0) is 48.6 Å². The summed E-state index contributed by atoms with van der Waals surface area (Å²) in [7, 11) is -3.62. The molecule has 0 aliphatic rings. The molecule has 0 fully saturated rings. The van der Waals surface area contributed by atoms with Crippen molar-refractivity contribution in [3.05, 3.63) is 101 Å². The summed E-state index contributed by atoms with van der Waals surface area (Å²) in [4.78, 5) is 29.0. The molecule has 0 aliphatic heterocycles. The molecule has 3 rings (SSSR count). The zero-order valence-electron chi connectivity index (χ0n) is 24.1. The van der Waals surface area contributed by atoms with E-state index >= 15 is 0 Å². The number of unbranched alkanes of at least 4 members (excludes halogenated alkanes) is 1. The lowest BCUT2D eigenvalue weighted by atomic mass is 10.0. The summed E-state index contributed by atoms with van der Waals surface area (Å²) in [6.45, 7) is 4.74. The van der Waals surface area contributed by atoms with Crippen molar-refractivity contribution in [3.63, 3.8) is 0 Å². The van der Waals surface area contributed by atoms with Crippen molar-refractivity contribution in [2.24, 2.45) is 0 Å². The van der Waals surface area contributed by atoms with E-state index in [2.05, 4.69) is 12.2 Å². The van der Waals surface area contributed by atoms with Crippen LogP contribution in [0.4, 0.5) is 5.69 Å². The van der Waals surface area contributed by atoms with Gasteiger partial charge in [0.15, 0.2) is 0 Å². The van der Waals surface area contributed by atoms with Crippen LogP contribution in [0.5, 0.6) is 0 Å². The van der Waals surface area contributed by atoms with Crippen LogP contribution < -0.4 is 9.62 Å². The number of carbonyl (C=O) groups excluding carboxylic acids is 2. The van der Waals surface area contributed by atoms with E-state index in [4.69, 9.17) is 11.6 Å². The lowest BCUT2D eigenvalue weighted by Crippen LogP contribution is -2.50. The highest BCUT2D eigenvalue weighted by Gasteiger charge is 2.30. The van der Waals surface area contributed by atoms with Crippen LogP contribution in [0, 0.1) is 6.92 Å². The van der Waals surface area contributed by atoms with E-state index in [0.717, 1.165) is 30.2 Å². The van der Waals surface area contributed by atoms with E-state index in [9.17, 15) is 18.0 Å². The molecule has 9 heteroatoms. The summed E-state index contributed by atoms with van der Waals surface area (Å²) in [5, 5.41) is 3.49. The smallest absolute Gasteiger partial charge is 0.243 e. The average Bonchev–Trinajstić information content (AvgIpc) is 2.95. The maximum atomic E-state index is 13.9. The maximum absolute atomic E-state index is 13.9. The molecule has 3 aromatic rings. The minimum absolute atomic E-state index is 0.0754. The number of nitrogens with zero attached hydrogens (tertiary/aromatic N) is 2. The van der Waals surface area contributed by atoms with Crippen LogP contribution in [0.15, 0.2) is 78.9 Å². The molecule has 2 amide bonds. The second-order valence-electron chi connectivity index (χ2n) is 10.2. The van der Waals surface area contributed by atoms with Crippen molar-refractivity contribution >= 4 is 39.1 Å². The predicted molar refractivity (Wildman–Crippen MR) is 166 cm³/mol. The molecule has 0 radical (unpaired) electrons. The number of amides is 2. The number of carbonyl (C=O) groups is 2. The van der Waals surface area contributed by atoms with Gasteiger partial charge in [0.2, 0.25) is 21.8 Å². The lowest BCUT2D eigenvalue weighted by Gasteiger charge is -2.32. The molecule has 1 unspecified atom stereocenters. The van der Waals surface area contributed by atoms with Gasteiger partial charge in [0.1, 0.15) is 6.04 Å². The molecule has 0 spiro atoms. The van der Waals surface area contributed by atoms with E-state index in [1.165, 1.54) is 4.31 Å². The molecular weight excluding hydrogens is 558 g/mol. The van der Waals surface area contributed by atoms with Crippen LogP contribution >= 0.6 is 11.6 Å². The van der Waals surface area contributed by atoms with Crippen LogP contribution in [0.3, 0.4) is 0 Å². The molecule has 0 aliphatic carbocycles. The molecule has 0 saturated heterocycles. The molecule has 7 nitrogen and oxygen atoms in total. The highest BCUT2D eigenvalue weighted by Crippen LogP contribution is 2.28. The van der Waals surface area contributed by atoms with Crippen molar-refractivity contribution in [3.8, 4) is 0 Å². The van der Waals surface area contributed by atoms with Crippen LogP contribution in [0.25, 0.3) is 0 Å². The minimum atomic E-state index is -3.62. The topological polar surface area (TPSA) is 86.8 Å². The Morgan fingerprint density at radius 3 is 2.15 bits per heavy atom. The number of hydrogen-bond donors (Lipinski definition) is 1.